The predicted molar refractivity (Wildman–Crippen MR) is 75.4 cm³/mol. The van der Waals surface area contributed by atoms with E-state index in [9.17, 15) is 10.2 Å². The molecule has 1 aromatic carbocycles. The molecule has 1 unspecified atom stereocenters. The van der Waals surface area contributed by atoms with Gasteiger partial charge in [-0.05, 0) is 56.3 Å². The number of rotatable bonds is 3. The van der Waals surface area contributed by atoms with Crippen LogP contribution in [-0.2, 0) is 0 Å². The van der Waals surface area contributed by atoms with E-state index in [1.807, 2.05) is 24.3 Å². The number of aliphatic hydroxyl groups is 2. The lowest BCUT2D eigenvalue weighted by atomic mass is 10.0. The van der Waals surface area contributed by atoms with Crippen LogP contribution in [0.1, 0.15) is 49.3 Å². The van der Waals surface area contributed by atoms with Crippen molar-refractivity contribution in [2.24, 2.45) is 5.73 Å². The highest BCUT2D eigenvalue weighted by Gasteiger charge is 2.28. The molecule has 3 nitrogen and oxygen atoms in total. The van der Waals surface area contributed by atoms with Crippen LogP contribution < -0.4 is 5.73 Å². The van der Waals surface area contributed by atoms with Crippen molar-refractivity contribution in [3.05, 3.63) is 35.4 Å². The number of hydrogen-bond acceptors (Lipinski definition) is 3. The number of benzene rings is 1. The molecule has 4 N–H and O–H groups in total. The Morgan fingerprint density at radius 1 is 1.32 bits per heavy atom. The summed E-state index contributed by atoms with van der Waals surface area (Å²) in [7, 11) is 0. The molecule has 0 saturated heterocycles. The highest BCUT2D eigenvalue weighted by atomic mass is 16.3. The molecule has 2 rings (SSSR count). The van der Waals surface area contributed by atoms with Gasteiger partial charge in [-0.25, -0.2) is 0 Å². The fourth-order valence-corrected chi connectivity index (χ4v) is 2.42. The molecule has 0 heterocycles. The zero-order valence-electron chi connectivity index (χ0n) is 11.1. The van der Waals surface area contributed by atoms with E-state index in [4.69, 9.17) is 5.73 Å². The van der Waals surface area contributed by atoms with Gasteiger partial charge in [0.2, 0.25) is 0 Å². The predicted octanol–water partition coefficient (Wildman–Crippen LogP) is 1.73. The van der Waals surface area contributed by atoms with Gasteiger partial charge in [0.15, 0.2) is 0 Å². The standard InChI is InChI=1S/C16H21NO2/c17-11-7-15(18)14-5-3-4-13(12-14)6-10-16(19)8-1-2-9-16/h3-5,12,15,18-19H,1-2,7-9,11,17H2. The van der Waals surface area contributed by atoms with Gasteiger partial charge < -0.3 is 15.9 Å². The monoisotopic (exact) mass is 259 g/mol. The van der Waals surface area contributed by atoms with Crippen molar-refractivity contribution in [3.63, 3.8) is 0 Å². The smallest absolute Gasteiger partial charge is 0.125 e. The Kier molecular flexibility index (Phi) is 4.60. The third kappa shape index (κ3) is 3.81. The summed E-state index contributed by atoms with van der Waals surface area (Å²) in [5.41, 5.74) is 6.29. The topological polar surface area (TPSA) is 66.5 Å². The van der Waals surface area contributed by atoms with Crippen LogP contribution in [0.3, 0.4) is 0 Å². The lowest BCUT2D eigenvalue weighted by Crippen LogP contribution is -2.20. The summed E-state index contributed by atoms with van der Waals surface area (Å²) in [5.74, 6) is 5.99. The van der Waals surface area contributed by atoms with Crippen molar-refractivity contribution in [2.75, 3.05) is 6.54 Å². The molecule has 0 spiro atoms. The van der Waals surface area contributed by atoms with Crippen molar-refractivity contribution in [1.82, 2.24) is 0 Å². The highest BCUT2D eigenvalue weighted by Crippen LogP contribution is 2.28. The molecule has 0 bridgehead atoms. The van der Waals surface area contributed by atoms with Gasteiger partial charge in [0.05, 0.1) is 6.10 Å². The molecule has 1 aliphatic rings. The van der Waals surface area contributed by atoms with Gasteiger partial charge in [-0.3, -0.25) is 0 Å². The van der Waals surface area contributed by atoms with E-state index < -0.39 is 11.7 Å². The molecular weight excluding hydrogens is 238 g/mol. The van der Waals surface area contributed by atoms with Crippen molar-refractivity contribution in [2.45, 2.75) is 43.8 Å². The maximum Gasteiger partial charge on any atom is 0.125 e. The quantitative estimate of drug-likeness (QED) is 0.724. The van der Waals surface area contributed by atoms with Crippen LogP contribution in [0.15, 0.2) is 24.3 Å². The maximum atomic E-state index is 10.2. The molecule has 0 amide bonds. The van der Waals surface area contributed by atoms with E-state index in [0.29, 0.717) is 13.0 Å². The molecule has 3 heteroatoms. The molecule has 0 aromatic heterocycles. The average Bonchev–Trinajstić information content (AvgIpc) is 2.85. The zero-order chi connectivity index (χ0) is 13.7. The Morgan fingerprint density at radius 3 is 2.74 bits per heavy atom. The Morgan fingerprint density at radius 2 is 2.05 bits per heavy atom. The summed E-state index contributed by atoms with van der Waals surface area (Å²) < 4.78 is 0. The summed E-state index contributed by atoms with van der Waals surface area (Å²) >= 11 is 0. The number of aliphatic hydroxyl groups excluding tert-OH is 1. The van der Waals surface area contributed by atoms with Crippen molar-refractivity contribution in [1.29, 1.82) is 0 Å². The van der Waals surface area contributed by atoms with E-state index in [1.54, 1.807) is 0 Å². The number of hydrogen-bond donors (Lipinski definition) is 3. The molecule has 1 aromatic rings. The highest BCUT2D eigenvalue weighted by molar-refractivity contribution is 5.39. The second-order valence-corrected chi connectivity index (χ2v) is 5.21. The van der Waals surface area contributed by atoms with Gasteiger partial charge in [0.25, 0.3) is 0 Å². The molecule has 102 valence electrons. The first-order valence-corrected chi connectivity index (χ1v) is 6.87. The van der Waals surface area contributed by atoms with Crippen molar-refractivity contribution >= 4 is 0 Å². The molecule has 1 fully saturated rings. The zero-order valence-corrected chi connectivity index (χ0v) is 11.1. The Hall–Kier alpha value is -1.34. The normalized spacial score (nSPS) is 18.7. The van der Waals surface area contributed by atoms with Gasteiger partial charge in [-0.1, -0.05) is 24.0 Å². The third-order valence-corrected chi connectivity index (χ3v) is 3.58. The van der Waals surface area contributed by atoms with Crippen LogP contribution in [0.2, 0.25) is 0 Å². The summed E-state index contributed by atoms with van der Waals surface area (Å²) in [5, 5.41) is 20.1. The molecule has 1 atom stereocenters. The van der Waals surface area contributed by atoms with Crippen LogP contribution in [0.25, 0.3) is 0 Å². The van der Waals surface area contributed by atoms with E-state index in [1.165, 1.54) is 0 Å². The molecule has 0 radical (unpaired) electrons. The van der Waals surface area contributed by atoms with Crippen LogP contribution >= 0.6 is 0 Å². The van der Waals surface area contributed by atoms with Crippen LogP contribution in [-0.4, -0.2) is 22.4 Å². The molecule has 19 heavy (non-hydrogen) atoms. The lowest BCUT2D eigenvalue weighted by molar-refractivity contribution is 0.110. The number of nitrogens with two attached hydrogens (primary N) is 1. The second-order valence-electron chi connectivity index (χ2n) is 5.21. The van der Waals surface area contributed by atoms with Crippen molar-refractivity contribution < 1.29 is 10.2 Å². The maximum absolute atomic E-state index is 10.2. The first-order valence-electron chi connectivity index (χ1n) is 6.87. The van der Waals surface area contributed by atoms with E-state index in [2.05, 4.69) is 11.8 Å². The minimum atomic E-state index is -0.814. The van der Waals surface area contributed by atoms with Crippen molar-refractivity contribution in [3.8, 4) is 11.8 Å². The van der Waals surface area contributed by atoms with Gasteiger partial charge in [-0.2, -0.15) is 0 Å². The summed E-state index contributed by atoms with van der Waals surface area (Å²) in [6.07, 6.45) is 3.61. The summed E-state index contributed by atoms with van der Waals surface area (Å²) in [6.45, 7) is 0.455. The summed E-state index contributed by atoms with van der Waals surface area (Å²) in [4.78, 5) is 0. The minimum absolute atomic E-state index is 0.455. The van der Waals surface area contributed by atoms with Gasteiger partial charge in [0, 0.05) is 5.56 Å². The molecular formula is C16H21NO2. The minimum Gasteiger partial charge on any atom is -0.388 e. The Bertz CT molecular complexity index is 481. The fraction of sp³-hybridized carbons (Fsp3) is 0.500. The molecule has 0 aliphatic heterocycles. The Labute approximate surface area is 114 Å². The van der Waals surface area contributed by atoms with Gasteiger partial charge >= 0.3 is 0 Å². The first-order chi connectivity index (χ1) is 9.13. The molecule has 1 saturated carbocycles. The largest absolute Gasteiger partial charge is 0.388 e. The van der Waals surface area contributed by atoms with Crippen LogP contribution in [0.4, 0.5) is 0 Å². The lowest BCUT2D eigenvalue weighted by Gasteiger charge is -2.13. The fourth-order valence-electron chi connectivity index (χ4n) is 2.42. The van der Waals surface area contributed by atoms with Crippen LogP contribution in [0, 0.1) is 11.8 Å². The average molecular weight is 259 g/mol. The van der Waals surface area contributed by atoms with Gasteiger partial charge in [0.1, 0.15) is 5.60 Å². The second kappa shape index (κ2) is 6.21. The van der Waals surface area contributed by atoms with Gasteiger partial charge in [-0.15, -0.1) is 0 Å². The van der Waals surface area contributed by atoms with E-state index in [-0.39, 0.29) is 0 Å². The van der Waals surface area contributed by atoms with E-state index >= 15 is 0 Å². The SMILES string of the molecule is NCCC(O)c1cccc(C#CC2(O)CCCC2)c1. The summed E-state index contributed by atoms with van der Waals surface area (Å²) in [6, 6.07) is 7.50. The Balaban J connectivity index is 2.13. The first kappa shape index (κ1) is 14.1. The molecule has 1 aliphatic carbocycles. The third-order valence-electron chi connectivity index (χ3n) is 3.58. The van der Waals surface area contributed by atoms with Crippen LogP contribution in [0.5, 0.6) is 0 Å². The van der Waals surface area contributed by atoms with E-state index in [0.717, 1.165) is 36.8 Å².